The van der Waals surface area contributed by atoms with Crippen LogP contribution < -0.4 is 26.0 Å². The van der Waals surface area contributed by atoms with Gasteiger partial charge in [0.1, 0.15) is 29.0 Å². The van der Waals surface area contributed by atoms with E-state index in [1.165, 1.54) is 0 Å². The van der Waals surface area contributed by atoms with Gasteiger partial charge in [-0.3, -0.25) is 9.59 Å². The van der Waals surface area contributed by atoms with E-state index in [9.17, 15) is 9.59 Å². The number of aromatic nitrogens is 1. The number of fused-ring (bicyclic) bond motifs is 4. The smallest absolute Gasteiger partial charge is 0.243 e. The number of hydrogen-bond donors (Lipinski definition) is 4. The average molecular weight is 528 g/mol. The molecule has 0 aliphatic carbocycles. The number of nitrogens with one attached hydrogen (secondary N) is 4. The highest BCUT2D eigenvalue weighted by molar-refractivity contribution is 5.90. The van der Waals surface area contributed by atoms with Crippen LogP contribution in [0.4, 0.5) is 5.69 Å². The predicted molar refractivity (Wildman–Crippen MR) is 144 cm³/mol. The van der Waals surface area contributed by atoms with Crippen molar-refractivity contribution in [1.29, 1.82) is 0 Å². The Bertz CT molecular complexity index is 1480. The molecule has 2 amide bonds. The third-order valence-electron chi connectivity index (χ3n) is 8.60. The standard InChI is InChI=1S/C30H33N5O4/c1-15(2)24-28-32-16(3)25(39-28)30-18-7-4-5-8-20(18)34-29(30)38-23-11-10-17(13-19(23)30)14-22(27(37)35-24)33-26(36)21-9-6-12-31-21/h4-5,7-8,10-11,13,15,21-22,24,29,31,34H,6,9,12,14H2,1-3H3,(H,33,36)(H,35,37)/t21-,22-,24?,29?,30?/m0/s1. The second kappa shape index (κ2) is 8.84. The maximum Gasteiger partial charge on any atom is 0.243 e. The van der Waals surface area contributed by atoms with E-state index in [0.717, 1.165) is 53.2 Å². The van der Waals surface area contributed by atoms with E-state index in [4.69, 9.17) is 14.1 Å². The number of nitrogens with zero attached hydrogens (tertiary/aromatic N) is 1. The van der Waals surface area contributed by atoms with Gasteiger partial charge in [0, 0.05) is 17.7 Å². The number of para-hydroxylation sites is 1. The highest BCUT2D eigenvalue weighted by Gasteiger charge is 2.60. The van der Waals surface area contributed by atoms with Gasteiger partial charge in [0.2, 0.25) is 17.7 Å². The van der Waals surface area contributed by atoms with Crippen molar-refractivity contribution in [3.63, 3.8) is 0 Å². The van der Waals surface area contributed by atoms with Crippen LogP contribution in [0.3, 0.4) is 0 Å². The molecule has 4 bridgehead atoms. The first kappa shape index (κ1) is 24.2. The molecule has 7 rings (SSSR count). The molecule has 4 N–H and O–H groups in total. The fourth-order valence-corrected chi connectivity index (χ4v) is 6.66. The molecule has 1 spiro atoms. The van der Waals surface area contributed by atoms with Gasteiger partial charge in [0.05, 0.1) is 11.7 Å². The predicted octanol–water partition coefficient (Wildman–Crippen LogP) is 3.07. The number of aryl methyl sites for hydroxylation is 1. The third kappa shape index (κ3) is 3.59. The molecule has 3 aromatic rings. The summed E-state index contributed by atoms with van der Waals surface area (Å²) in [6, 6.07) is 12.7. The molecule has 4 aliphatic heterocycles. The lowest BCUT2D eigenvalue weighted by Crippen LogP contribution is -2.53. The SMILES string of the molecule is Cc1nc2oc1C13c4ccccc4NC1Oc1ccc(cc13)C[C@H](NC(=O)[C@@H]1CCCN1)C(=O)NC2C(C)C. The van der Waals surface area contributed by atoms with Gasteiger partial charge in [0.15, 0.2) is 6.23 Å². The number of oxazole rings is 1. The number of anilines is 1. The van der Waals surface area contributed by atoms with Crippen LogP contribution in [0.1, 0.15) is 66.8 Å². The van der Waals surface area contributed by atoms with E-state index in [1.54, 1.807) is 0 Å². The molecule has 0 radical (unpaired) electrons. The summed E-state index contributed by atoms with van der Waals surface area (Å²) in [7, 11) is 0. The molecule has 5 atom stereocenters. The van der Waals surface area contributed by atoms with Crippen LogP contribution in [-0.4, -0.2) is 41.7 Å². The van der Waals surface area contributed by atoms with E-state index in [0.29, 0.717) is 18.1 Å². The Morgan fingerprint density at radius 3 is 2.79 bits per heavy atom. The molecule has 39 heavy (non-hydrogen) atoms. The largest absolute Gasteiger partial charge is 0.469 e. The van der Waals surface area contributed by atoms with E-state index in [-0.39, 0.29) is 23.8 Å². The van der Waals surface area contributed by atoms with Crippen molar-refractivity contribution in [1.82, 2.24) is 20.9 Å². The third-order valence-corrected chi connectivity index (χ3v) is 8.60. The molecule has 9 heteroatoms. The number of benzene rings is 2. The van der Waals surface area contributed by atoms with Gasteiger partial charge >= 0.3 is 0 Å². The average Bonchev–Trinajstić information content (AvgIpc) is 3.69. The maximum atomic E-state index is 13.7. The first-order valence-corrected chi connectivity index (χ1v) is 13.8. The molecule has 0 saturated carbocycles. The Morgan fingerprint density at radius 2 is 2.00 bits per heavy atom. The first-order valence-electron chi connectivity index (χ1n) is 13.8. The molecule has 202 valence electrons. The van der Waals surface area contributed by atoms with Gasteiger partial charge in [-0.05, 0) is 55.5 Å². The first-order chi connectivity index (χ1) is 18.9. The maximum absolute atomic E-state index is 13.7. The molecule has 1 saturated heterocycles. The van der Waals surface area contributed by atoms with E-state index >= 15 is 0 Å². The summed E-state index contributed by atoms with van der Waals surface area (Å²) in [6.45, 7) is 6.81. The van der Waals surface area contributed by atoms with Crippen molar-refractivity contribution in [3.8, 4) is 5.75 Å². The van der Waals surface area contributed by atoms with Crippen molar-refractivity contribution >= 4 is 17.5 Å². The highest BCUT2D eigenvalue weighted by Crippen LogP contribution is 2.58. The summed E-state index contributed by atoms with van der Waals surface area (Å²) in [6.07, 6.45) is 1.65. The van der Waals surface area contributed by atoms with Crippen molar-refractivity contribution in [2.75, 3.05) is 11.9 Å². The van der Waals surface area contributed by atoms with Gasteiger partial charge in [-0.15, -0.1) is 0 Å². The van der Waals surface area contributed by atoms with Gasteiger partial charge in [-0.1, -0.05) is 44.2 Å². The van der Waals surface area contributed by atoms with E-state index in [2.05, 4.69) is 39.5 Å². The quantitative estimate of drug-likeness (QED) is 0.414. The molecule has 3 unspecified atom stereocenters. The zero-order valence-electron chi connectivity index (χ0n) is 22.3. The molecule has 5 heterocycles. The van der Waals surface area contributed by atoms with Gasteiger partial charge < -0.3 is 30.4 Å². The Hall–Kier alpha value is -3.85. The minimum Gasteiger partial charge on any atom is -0.469 e. The van der Waals surface area contributed by atoms with Crippen molar-refractivity contribution in [2.24, 2.45) is 5.92 Å². The van der Waals surface area contributed by atoms with Crippen molar-refractivity contribution in [2.45, 2.75) is 69.8 Å². The van der Waals surface area contributed by atoms with Gasteiger partial charge in [0.25, 0.3) is 0 Å². The highest BCUT2D eigenvalue weighted by atomic mass is 16.5. The fraction of sp³-hybridized carbons (Fsp3) is 0.433. The Morgan fingerprint density at radius 1 is 1.15 bits per heavy atom. The van der Waals surface area contributed by atoms with Crippen LogP contribution >= 0.6 is 0 Å². The normalized spacial score (nSPS) is 28.5. The second-order valence-electron chi connectivity index (χ2n) is 11.4. The summed E-state index contributed by atoms with van der Waals surface area (Å²) in [5, 5.41) is 13.0. The Kier molecular flexibility index (Phi) is 5.49. The molecule has 9 nitrogen and oxygen atoms in total. The molecule has 1 fully saturated rings. The van der Waals surface area contributed by atoms with Crippen LogP contribution in [0.2, 0.25) is 0 Å². The zero-order chi connectivity index (χ0) is 26.9. The molecule has 2 aromatic carbocycles. The second-order valence-corrected chi connectivity index (χ2v) is 11.4. The lowest BCUT2D eigenvalue weighted by atomic mass is 9.72. The van der Waals surface area contributed by atoms with Gasteiger partial charge in [-0.2, -0.15) is 0 Å². The summed E-state index contributed by atoms with van der Waals surface area (Å²) < 4.78 is 13.2. The zero-order valence-corrected chi connectivity index (χ0v) is 22.3. The Labute approximate surface area is 227 Å². The number of rotatable bonds is 3. The summed E-state index contributed by atoms with van der Waals surface area (Å²) in [5.41, 5.74) is 3.97. The number of hydrogen-bond acceptors (Lipinski definition) is 7. The Balaban J connectivity index is 1.41. The topological polar surface area (TPSA) is 118 Å². The van der Waals surface area contributed by atoms with E-state index < -0.39 is 23.7 Å². The van der Waals surface area contributed by atoms with Crippen molar-refractivity contribution < 1.29 is 18.7 Å². The molecule has 4 aliphatic rings. The molecule has 1 aromatic heterocycles. The van der Waals surface area contributed by atoms with Crippen LogP contribution in [-0.2, 0) is 21.4 Å². The number of carbonyl (C=O) groups excluding carboxylic acids is 2. The van der Waals surface area contributed by atoms with Crippen LogP contribution in [0.15, 0.2) is 46.9 Å². The number of carbonyl (C=O) groups is 2. The number of ether oxygens (including phenoxy) is 1. The van der Waals surface area contributed by atoms with Crippen LogP contribution in [0, 0.1) is 12.8 Å². The number of amides is 2. The summed E-state index contributed by atoms with van der Waals surface area (Å²) >= 11 is 0. The van der Waals surface area contributed by atoms with Crippen molar-refractivity contribution in [3.05, 3.63) is 76.5 Å². The fourth-order valence-electron chi connectivity index (χ4n) is 6.66. The molecular formula is C30H33N5O4. The van der Waals surface area contributed by atoms with Crippen LogP contribution in [0.5, 0.6) is 5.75 Å². The monoisotopic (exact) mass is 527 g/mol. The van der Waals surface area contributed by atoms with E-state index in [1.807, 2.05) is 45.0 Å². The minimum absolute atomic E-state index is 0.00569. The van der Waals surface area contributed by atoms with Gasteiger partial charge in [-0.25, -0.2) is 4.98 Å². The lowest BCUT2D eigenvalue weighted by Gasteiger charge is -2.29. The minimum atomic E-state index is -0.753. The summed E-state index contributed by atoms with van der Waals surface area (Å²) in [4.78, 5) is 31.7. The summed E-state index contributed by atoms with van der Waals surface area (Å²) in [5.74, 6) is 1.54. The molecular weight excluding hydrogens is 494 g/mol. The lowest BCUT2D eigenvalue weighted by molar-refractivity contribution is -0.130. The van der Waals surface area contributed by atoms with Crippen LogP contribution in [0.25, 0.3) is 0 Å².